The van der Waals surface area contributed by atoms with E-state index in [1.807, 2.05) is 72.8 Å². The molecule has 5 nitrogen and oxygen atoms in total. The van der Waals surface area contributed by atoms with Crippen molar-refractivity contribution in [3.63, 3.8) is 0 Å². The first-order chi connectivity index (χ1) is 18.5. The fraction of sp³-hybridized carbons (Fsp3) is 0.212. The molecule has 0 bridgehead atoms. The number of amides is 1. The first-order valence-corrected chi connectivity index (χ1v) is 13.3. The molecule has 196 valence electrons. The van der Waals surface area contributed by atoms with Crippen molar-refractivity contribution in [2.45, 2.75) is 44.1 Å². The molecule has 2 unspecified atom stereocenters. The largest absolute Gasteiger partial charge is 0.478 e. The van der Waals surface area contributed by atoms with E-state index in [2.05, 4.69) is 5.32 Å². The topological polar surface area (TPSA) is 86.6 Å². The van der Waals surface area contributed by atoms with Gasteiger partial charge in [0.2, 0.25) is 5.91 Å². The Labute approximate surface area is 232 Å². The van der Waals surface area contributed by atoms with Crippen molar-refractivity contribution in [3.05, 3.63) is 112 Å². The summed E-state index contributed by atoms with van der Waals surface area (Å²) in [6.45, 7) is 5.31. The molecule has 0 saturated heterocycles. The van der Waals surface area contributed by atoms with Gasteiger partial charge in [-0.05, 0) is 90.4 Å². The highest BCUT2D eigenvalue weighted by atomic mass is 35.5. The third-order valence-corrected chi connectivity index (χ3v) is 8.51. The molecule has 1 fully saturated rings. The molecular formula is C33H28ClNO4. The lowest BCUT2D eigenvalue weighted by molar-refractivity contribution is -0.118. The van der Waals surface area contributed by atoms with E-state index in [1.165, 1.54) is 0 Å². The molecule has 6 rings (SSSR count). The second kappa shape index (κ2) is 8.80. The number of carboxylic acid groups (broad SMARTS) is 1. The van der Waals surface area contributed by atoms with Crippen LogP contribution in [0.4, 0.5) is 5.69 Å². The number of anilines is 1. The van der Waals surface area contributed by atoms with Crippen LogP contribution in [0.3, 0.4) is 0 Å². The van der Waals surface area contributed by atoms with Gasteiger partial charge in [-0.2, -0.15) is 0 Å². The Bertz CT molecular complexity index is 1670. The number of benzene rings is 4. The summed E-state index contributed by atoms with van der Waals surface area (Å²) in [5.74, 6) is -1.14. The van der Waals surface area contributed by atoms with Crippen molar-refractivity contribution < 1.29 is 19.8 Å². The predicted octanol–water partition coefficient (Wildman–Crippen LogP) is 7.29. The number of aliphatic hydroxyl groups is 1. The summed E-state index contributed by atoms with van der Waals surface area (Å²) in [5, 5.41) is 23.5. The highest BCUT2D eigenvalue weighted by Gasteiger charge is 2.65. The van der Waals surface area contributed by atoms with Gasteiger partial charge in [0, 0.05) is 17.2 Å². The molecule has 1 saturated carbocycles. The van der Waals surface area contributed by atoms with E-state index < -0.39 is 17.0 Å². The quantitative estimate of drug-likeness (QED) is 0.249. The third kappa shape index (κ3) is 4.13. The van der Waals surface area contributed by atoms with Crippen molar-refractivity contribution in [1.82, 2.24) is 0 Å². The van der Waals surface area contributed by atoms with Crippen molar-refractivity contribution >= 4 is 29.2 Å². The van der Waals surface area contributed by atoms with E-state index in [1.54, 1.807) is 26.8 Å². The number of carbonyl (C=O) groups is 2. The maximum Gasteiger partial charge on any atom is 0.335 e. The van der Waals surface area contributed by atoms with Crippen LogP contribution in [0.25, 0.3) is 22.3 Å². The molecular weight excluding hydrogens is 510 g/mol. The Balaban J connectivity index is 1.35. The molecule has 2 aliphatic rings. The molecule has 1 spiro atoms. The van der Waals surface area contributed by atoms with Crippen LogP contribution in [0.5, 0.6) is 0 Å². The van der Waals surface area contributed by atoms with Crippen LogP contribution in [-0.2, 0) is 15.8 Å². The van der Waals surface area contributed by atoms with Gasteiger partial charge in [-0.3, -0.25) is 4.79 Å². The monoisotopic (exact) mass is 537 g/mol. The summed E-state index contributed by atoms with van der Waals surface area (Å²) in [5.41, 5.74) is 6.41. The molecule has 4 aromatic rings. The highest BCUT2D eigenvalue weighted by Crippen LogP contribution is 2.65. The zero-order valence-corrected chi connectivity index (χ0v) is 22.6. The standard InChI is InChI=1S/C33H28ClNO4/c1-18-7-8-22(14-24(18)30(36)37)27-17-33(27)26-15-25(28(34)16-29(26)35-31(33)38)20-11-9-19(10-12-20)21-5-4-6-23(13-21)32(2,3)39/h4-16,27,39H,17H2,1-3H3,(H,35,38)(H,36,37). The van der Waals surface area contributed by atoms with Gasteiger partial charge in [-0.1, -0.05) is 66.2 Å². The molecule has 0 aromatic heterocycles. The van der Waals surface area contributed by atoms with Crippen molar-refractivity contribution in [1.29, 1.82) is 0 Å². The smallest absolute Gasteiger partial charge is 0.335 e. The maximum absolute atomic E-state index is 13.3. The van der Waals surface area contributed by atoms with Gasteiger partial charge in [0.05, 0.1) is 21.6 Å². The third-order valence-electron chi connectivity index (χ3n) is 8.19. The number of nitrogens with one attached hydrogen (secondary N) is 1. The minimum Gasteiger partial charge on any atom is -0.478 e. The summed E-state index contributed by atoms with van der Waals surface area (Å²) in [7, 11) is 0. The van der Waals surface area contributed by atoms with E-state index in [9.17, 15) is 19.8 Å². The van der Waals surface area contributed by atoms with Gasteiger partial charge in [-0.15, -0.1) is 0 Å². The van der Waals surface area contributed by atoms with Crippen LogP contribution < -0.4 is 5.32 Å². The van der Waals surface area contributed by atoms with Gasteiger partial charge in [-0.25, -0.2) is 4.79 Å². The summed E-state index contributed by atoms with van der Waals surface area (Å²) in [6.07, 6.45) is 0.617. The first-order valence-electron chi connectivity index (χ1n) is 12.9. The molecule has 1 aliphatic carbocycles. The number of carboxylic acids is 1. The molecule has 1 heterocycles. The minimum atomic E-state index is -0.968. The van der Waals surface area contributed by atoms with Gasteiger partial charge in [0.25, 0.3) is 0 Å². The molecule has 1 amide bonds. The average Bonchev–Trinajstić information content (AvgIpc) is 3.59. The number of halogens is 1. The lowest BCUT2D eigenvalue weighted by Crippen LogP contribution is -2.21. The summed E-state index contributed by atoms with van der Waals surface area (Å²) in [4.78, 5) is 25.0. The Morgan fingerprint density at radius 3 is 2.38 bits per heavy atom. The first kappa shape index (κ1) is 25.4. The molecule has 39 heavy (non-hydrogen) atoms. The normalized spacial score (nSPS) is 19.6. The van der Waals surface area contributed by atoms with Crippen LogP contribution in [0.2, 0.25) is 5.02 Å². The Kier molecular flexibility index (Phi) is 5.72. The van der Waals surface area contributed by atoms with E-state index in [-0.39, 0.29) is 17.4 Å². The number of rotatable bonds is 5. The number of fused-ring (bicyclic) bond motifs is 2. The average molecular weight is 538 g/mol. The summed E-state index contributed by atoms with van der Waals surface area (Å²) >= 11 is 6.71. The summed E-state index contributed by atoms with van der Waals surface area (Å²) in [6, 6.07) is 25.2. The fourth-order valence-electron chi connectivity index (χ4n) is 5.85. The number of carbonyl (C=O) groups excluding carboxylic acids is 1. The lowest BCUT2D eigenvalue weighted by Gasteiger charge is -2.18. The molecule has 0 radical (unpaired) electrons. The Hall–Kier alpha value is -3.93. The van der Waals surface area contributed by atoms with Crippen LogP contribution >= 0.6 is 11.6 Å². The second-order valence-electron chi connectivity index (χ2n) is 11.2. The molecule has 6 heteroatoms. The van der Waals surface area contributed by atoms with E-state index >= 15 is 0 Å². The van der Waals surface area contributed by atoms with Crippen molar-refractivity contribution in [2.24, 2.45) is 0 Å². The molecule has 2 atom stereocenters. The number of hydrogen-bond donors (Lipinski definition) is 3. The molecule has 1 aliphatic heterocycles. The zero-order chi connectivity index (χ0) is 27.7. The van der Waals surface area contributed by atoms with Crippen LogP contribution in [-0.4, -0.2) is 22.1 Å². The van der Waals surface area contributed by atoms with Gasteiger partial charge >= 0.3 is 5.97 Å². The zero-order valence-electron chi connectivity index (χ0n) is 21.9. The molecule has 3 N–H and O–H groups in total. The lowest BCUT2D eigenvalue weighted by atomic mass is 9.88. The minimum absolute atomic E-state index is 0.0739. The van der Waals surface area contributed by atoms with Gasteiger partial charge in [0.1, 0.15) is 0 Å². The Morgan fingerprint density at radius 1 is 0.974 bits per heavy atom. The summed E-state index contributed by atoms with van der Waals surface area (Å²) < 4.78 is 0. The van der Waals surface area contributed by atoms with Gasteiger partial charge < -0.3 is 15.5 Å². The number of aromatic carboxylic acids is 1. The number of hydrogen-bond acceptors (Lipinski definition) is 3. The molecule has 4 aromatic carbocycles. The maximum atomic E-state index is 13.3. The predicted molar refractivity (Wildman–Crippen MR) is 153 cm³/mol. The van der Waals surface area contributed by atoms with Crippen molar-refractivity contribution in [3.8, 4) is 22.3 Å². The van der Waals surface area contributed by atoms with Crippen molar-refractivity contribution in [2.75, 3.05) is 5.32 Å². The van der Waals surface area contributed by atoms with E-state index in [0.29, 0.717) is 22.7 Å². The van der Waals surface area contributed by atoms with Gasteiger partial charge in [0.15, 0.2) is 0 Å². The Morgan fingerprint density at radius 2 is 1.69 bits per heavy atom. The van der Waals surface area contributed by atoms with E-state index in [0.717, 1.165) is 38.9 Å². The highest BCUT2D eigenvalue weighted by molar-refractivity contribution is 6.34. The number of aryl methyl sites for hydroxylation is 1. The van der Waals surface area contributed by atoms with Crippen LogP contribution in [0.15, 0.2) is 78.9 Å². The van der Waals surface area contributed by atoms with Crippen LogP contribution in [0, 0.1) is 6.92 Å². The fourth-order valence-corrected chi connectivity index (χ4v) is 6.12. The second-order valence-corrected chi connectivity index (χ2v) is 11.6. The van der Waals surface area contributed by atoms with E-state index in [4.69, 9.17) is 11.6 Å². The SMILES string of the molecule is Cc1ccc(C2CC23C(=O)Nc2cc(Cl)c(-c4ccc(-c5cccc(C(C)(C)O)c5)cc4)cc23)cc1C(=O)O. The van der Waals surface area contributed by atoms with Crippen LogP contribution in [0.1, 0.15) is 58.8 Å².